The van der Waals surface area contributed by atoms with Gasteiger partial charge in [0.25, 0.3) is 0 Å². The average Bonchev–Trinajstić information content (AvgIpc) is 3.05. The number of ketones is 1. The van der Waals surface area contributed by atoms with Gasteiger partial charge < -0.3 is 4.74 Å². The number of carbonyl (C=O) groups is 1. The maximum atomic E-state index is 11.6. The topological polar surface area (TPSA) is 69.9 Å². The van der Waals surface area contributed by atoms with Gasteiger partial charge in [0.1, 0.15) is 5.75 Å². The zero-order valence-corrected chi connectivity index (χ0v) is 14.6. The molecule has 0 fully saturated rings. The number of hydrogen-bond acceptors (Lipinski definition) is 5. The number of ether oxygens (including phenoxy) is 1. The fraction of sp³-hybridized carbons (Fsp3) is 0.263. The van der Waals surface area contributed by atoms with Crippen molar-refractivity contribution in [3.63, 3.8) is 0 Å². The summed E-state index contributed by atoms with van der Waals surface area (Å²) in [6.07, 6.45) is 0. The van der Waals surface area contributed by atoms with E-state index >= 15 is 0 Å². The molecule has 3 aromatic rings. The Bertz CT molecular complexity index is 885. The van der Waals surface area contributed by atoms with E-state index in [1.807, 2.05) is 50.2 Å². The first-order valence-electron chi connectivity index (χ1n) is 8.18. The van der Waals surface area contributed by atoms with Gasteiger partial charge in [0.2, 0.25) is 5.82 Å². The van der Waals surface area contributed by atoms with Crippen molar-refractivity contribution in [2.45, 2.75) is 27.3 Å². The van der Waals surface area contributed by atoms with E-state index < -0.39 is 0 Å². The molecule has 3 rings (SSSR count). The Labute approximate surface area is 146 Å². The number of aryl methyl sites for hydroxylation is 1. The fourth-order valence-electron chi connectivity index (χ4n) is 2.50. The molecule has 0 saturated heterocycles. The standard InChI is InChI=1S/C19H20N4O2/c1-4-25-18-10-9-16(14(3)24)11-17(18)12-23-21-19(20-22-23)15-7-5-13(2)6-8-15/h5-11H,4,12H2,1-3H3. The third kappa shape index (κ3) is 3.91. The highest BCUT2D eigenvalue weighted by Crippen LogP contribution is 2.22. The minimum atomic E-state index is 0.0104. The van der Waals surface area contributed by atoms with Crippen molar-refractivity contribution in [3.8, 4) is 17.1 Å². The third-order valence-electron chi connectivity index (χ3n) is 3.84. The molecule has 0 saturated carbocycles. The molecule has 2 aromatic carbocycles. The van der Waals surface area contributed by atoms with Crippen LogP contribution in [0, 0.1) is 6.92 Å². The second-order valence-corrected chi connectivity index (χ2v) is 5.82. The van der Waals surface area contributed by atoms with E-state index in [-0.39, 0.29) is 5.78 Å². The van der Waals surface area contributed by atoms with Gasteiger partial charge in [0.15, 0.2) is 5.78 Å². The highest BCUT2D eigenvalue weighted by Gasteiger charge is 2.11. The molecule has 6 heteroatoms. The third-order valence-corrected chi connectivity index (χ3v) is 3.84. The lowest BCUT2D eigenvalue weighted by molar-refractivity contribution is 0.101. The molecule has 128 valence electrons. The van der Waals surface area contributed by atoms with Gasteiger partial charge >= 0.3 is 0 Å². The zero-order chi connectivity index (χ0) is 17.8. The van der Waals surface area contributed by atoms with Crippen molar-refractivity contribution in [1.29, 1.82) is 0 Å². The Balaban J connectivity index is 1.88. The van der Waals surface area contributed by atoms with Gasteiger partial charge in [-0.15, -0.1) is 10.2 Å². The van der Waals surface area contributed by atoms with Crippen LogP contribution in [0.2, 0.25) is 0 Å². The minimum absolute atomic E-state index is 0.0104. The normalized spacial score (nSPS) is 10.7. The predicted octanol–water partition coefficient (Wildman–Crippen LogP) is 3.30. The van der Waals surface area contributed by atoms with Crippen molar-refractivity contribution in [3.05, 3.63) is 59.2 Å². The predicted molar refractivity (Wildman–Crippen MR) is 94.7 cm³/mol. The smallest absolute Gasteiger partial charge is 0.204 e. The van der Waals surface area contributed by atoms with Crippen LogP contribution in [-0.2, 0) is 6.54 Å². The Kier molecular flexibility index (Phi) is 4.88. The number of tetrazole rings is 1. The molecule has 1 heterocycles. The number of Topliss-reactive ketones (excluding diaryl/α,β-unsaturated/α-hetero) is 1. The fourth-order valence-corrected chi connectivity index (χ4v) is 2.50. The van der Waals surface area contributed by atoms with Crippen LogP contribution in [0.3, 0.4) is 0 Å². The molecule has 0 radical (unpaired) electrons. The van der Waals surface area contributed by atoms with Gasteiger partial charge in [0.05, 0.1) is 13.2 Å². The Morgan fingerprint density at radius 2 is 1.92 bits per heavy atom. The molecule has 6 nitrogen and oxygen atoms in total. The van der Waals surface area contributed by atoms with E-state index in [2.05, 4.69) is 15.4 Å². The lowest BCUT2D eigenvalue weighted by Gasteiger charge is -2.10. The van der Waals surface area contributed by atoms with Gasteiger partial charge in [-0.25, -0.2) is 0 Å². The molecule has 1 aromatic heterocycles. The molecule has 0 aliphatic heterocycles. The van der Waals surface area contributed by atoms with Crippen molar-refractivity contribution in [2.24, 2.45) is 0 Å². The van der Waals surface area contributed by atoms with E-state index in [1.54, 1.807) is 13.0 Å². The van der Waals surface area contributed by atoms with Crippen molar-refractivity contribution in [1.82, 2.24) is 20.2 Å². The summed E-state index contributed by atoms with van der Waals surface area (Å²) in [5, 5.41) is 12.7. The monoisotopic (exact) mass is 336 g/mol. The van der Waals surface area contributed by atoms with Crippen LogP contribution in [0.25, 0.3) is 11.4 Å². The molecule has 0 bridgehead atoms. The molecule has 0 N–H and O–H groups in total. The zero-order valence-electron chi connectivity index (χ0n) is 14.6. The lowest BCUT2D eigenvalue weighted by Crippen LogP contribution is -2.08. The number of rotatable bonds is 6. The molecule has 0 spiro atoms. The highest BCUT2D eigenvalue weighted by atomic mass is 16.5. The van der Waals surface area contributed by atoms with Crippen LogP contribution in [0.4, 0.5) is 0 Å². The van der Waals surface area contributed by atoms with Crippen LogP contribution >= 0.6 is 0 Å². The Morgan fingerprint density at radius 1 is 1.16 bits per heavy atom. The van der Waals surface area contributed by atoms with E-state index in [0.717, 1.165) is 16.9 Å². The van der Waals surface area contributed by atoms with Crippen LogP contribution in [0.1, 0.15) is 35.3 Å². The van der Waals surface area contributed by atoms with Gasteiger partial charge in [-0.1, -0.05) is 29.8 Å². The largest absolute Gasteiger partial charge is 0.494 e. The summed E-state index contributed by atoms with van der Waals surface area (Å²) in [5.74, 6) is 1.30. The second-order valence-electron chi connectivity index (χ2n) is 5.82. The van der Waals surface area contributed by atoms with Crippen LogP contribution in [-0.4, -0.2) is 32.6 Å². The minimum Gasteiger partial charge on any atom is -0.494 e. The first kappa shape index (κ1) is 16.8. The molecule has 25 heavy (non-hydrogen) atoms. The van der Waals surface area contributed by atoms with E-state index in [4.69, 9.17) is 4.74 Å². The summed E-state index contributed by atoms with van der Waals surface area (Å²) < 4.78 is 5.65. The molecular formula is C19H20N4O2. The van der Waals surface area contributed by atoms with E-state index in [9.17, 15) is 4.79 Å². The van der Waals surface area contributed by atoms with E-state index in [1.165, 1.54) is 10.4 Å². The van der Waals surface area contributed by atoms with Crippen molar-refractivity contribution in [2.75, 3.05) is 6.61 Å². The first-order chi connectivity index (χ1) is 12.1. The van der Waals surface area contributed by atoms with Gasteiger partial charge in [0, 0.05) is 16.7 Å². The molecular weight excluding hydrogens is 316 g/mol. The van der Waals surface area contributed by atoms with Crippen LogP contribution < -0.4 is 4.74 Å². The summed E-state index contributed by atoms with van der Waals surface area (Å²) in [4.78, 5) is 13.2. The molecule has 0 aliphatic rings. The van der Waals surface area contributed by atoms with Crippen LogP contribution in [0.5, 0.6) is 5.75 Å². The highest BCUT2D eigenvalue weighted by molar-refractivity contribution is 5.94. The maximum absolute atomic E-state index is 11.6. The summed E-state index contributed by atoms with van der Waals surface area (Å²) in [7, 11) is 0. The van der Waals surface area contributed by atoms with E-state index in [0.29, 0.717) is 24.5 Å². The number of hydrogen-bond donors (Lipinski definition) is 0. The van der Waals surface area contributed by atoms with Gasteiger partial charge in [-0.05, 0) is 44.2 Å². The molecule has 0 amide bonds. The number of benzene rings is 2. The summed E-state index contributed by atoms with van der Waals surface area (Å²) in [5.41, 5.74) is 3.58. The second kappa shape index (κ2) is 7.25. The molecule has 0 aliphatic carbocycles. The molecule has 0 unspecified atom stereocenters. The summed E-state index contributed by atoms with van der Waals surface area (Å²) >= 11 is 0. The first-order valence-corrected chi connectivity index (χ1v) is 8.18. The number of aromatic nitrogens is 4. The van der Waals surface area contributed by atoms with Crippen molar-refractivity contribution < 1.29 is 9.53 Å². The average molecular weight is 336 g/mol. The van der Waals surface area contributed by atoms with Crippen LogP contribution in [0.15, 0.2) is 42.5 Å². The van der Waals surface area contributed by atoms with Crippen molar-refractivity contribution >= 4 is 5.78 Å². The lowest BCUT2D eigenvalue weighted by atomic mass is 10.1. The molecule has 0 atom stereocenters. The Morgan fingerprint density at radius 3 is 2.60 bits per heavy atom. The number of nitrogens with zero attached hydrogens (tertiary/aromatic N) is 4. The summed E-state index contributed by atoms with van der Waals surface area (Å²) in [6.45, 7) is 6.43. The number of carbonyl (C=O) groups excluding carboxylic acids is 1. The quantitative estimate of drug-likeness (QED) is 0.646. The maximum Gasteiger partial charge on any atom is 0.204 e. The summed E-state index contributed by atoms with van der Waals surface area (Å²) in [6, 6.07) is 13.4. The SMILES string of the molecule is CCOc1ccc(C(C)=O)cc1Cn1nnc(-c2ccc(C)cc2)n1. The Hall–Kier alpha value is -3.02. The van der Waals surface area contributed by atoms with Gasteiger partial charge in [-0.2, -0.15) is 4.80 Å². The van der Waals surface area contributed by atoms with Gasteiger partial charge in [-0.3, -0.25) is 4.79 Å².